The summed E-state index contributed by atoms with van der Waals surface area (Å²) in [5, 5.41) is 5.95. The molecule has 1 fully saturated rings. The lowest BCUT2D eigenvalue weighted by Gasteiger charge is -2.34. The maximum absolute atomic E-state index is 12.0. The number of benzene rings is 2. The van der Waals surface area contributed by atoms with Gasteiger partial charge in [-0.2, -0.15) is 0 Å². The van der Waals surface area contributed by atoms with Crippen LogP contribution in [0.25, 0.3) is 12.2 Å². The van der Waals surface area contributed by atoms with Crippen LogP contribution in [0.2, 0.25) is 0 Å². The summed E-state index contributed by atoms with van der Waals surface area (Å²) >= 11 is 0. The van der Waals surface area contributed by atoms with E-state index in [0.717, 1.165) is 63.2 Å². The second-order valence-corrected chi connectivity index (χ2v) is 9.46. The number of nitrogens with zero attached hydrogens (tertiary/aromatic N) is 2. The average Bonchev–Trinajstić information content (AvgIpc) is 2.89. The number of carbonyl (C=O) groups is 2. The van der Waals surface area contributed by atoms with Gasteiger partial charge in [-0.3, -0.25) is 9.59 Å². The predicted molar refractivity (Wildman–Crippen MR) is 149 cm³/mol. The number of nitrogens with one attached hydrogen (secondary N) is 2. The minimum atomic E-state index is -0.0434. The van der Waals surface area contributed by atoms with Crippen LogP contribution >= 0.6 is 0 Å². The van der Waals surface area contributed by atoms with Crippen molar-refractivity contribution in [3.05, 3.63) is 82.9 Å². The Morgan fingerprint density at radius 3 is 1.39 bits per heavy atom. The van der Waals surface area contributed by atoms with Crippen LogP contribution in [0.15, 0.2) is 60.7 Å². The van der Waals surface area contributed by atoms with Gasteiger partial charge in [0.05, 0.1) is 0 Å². The molecule has 2 aromatic rings. The van der Waals surface area contributed by atoms with E-state index in [0.29, 0.717) is 13.1 Å². The molecule has 192 valence electrons. The summed E-state index contributed by atoms with van der Waals surface area (Å²) in [4.78, 5) is 28.9. The van der Waals surface area contributed by atoms with Gasteiger partial charge in [-0.25, -0.2) is 0 Å². The number of hydrogen-bond donors (Lipinski definition) is 2. The van der Waals surface area contributed by atoms with E-state index >= 15 is 0 Å². The zero-order valence-corrected chi connectivity index (χ0v) is 21.7. The molecule has 0 radical (unpaired) electrons. The van der Waals surface area contributed by atoms with E-state index in [1.807, 2.05) is 60.7 Å². The van der Waals surface area contributed by atoms with Gasteiger partial charge in [0.1, 0.15) is 0 Å². The van der Waals surface area contributed by atoms with Gasteiger partial charge in [0, 0.05) is 51.4 Å². The van der Waals surface area contributed by atoms with E-state index in [1.165, 1.54) is 11.1 Å². The minimum absolute atomic E-state index is 0.0434. The quantitative estimate of drug-likeness (QED) is 0.354. The fourth-order valence-corrected chi connectivity index (χ4v) is 4.08. The summed E-state index contributed by atoms with van der Waals surface area (Å²) in [6.07, 6.45) is 8.81. The molecule has 0 unspecified atom stereocenters. The summed E-state index contributed by atoms with van der Waals surface area (Å²) in [6.45, 7) is 11.7. The van der Waals surface area contributed by atoms with Crippen LogP contribution < -0.4 is 10.6 Å². The number of aryl methyl sites for hydroxylation is 2. The van der Waals surface area contributed by atoms with Crippen LogP contribution in [0.1, 0.15) is 35.1 Å². The topological polar surface area (TPSA) is 64.7 Å². The Morgan fingerprint density at radius 2 is 1.03 bits per heavy atom. The van der Waals surface area contributed by atoms with Gasteiger partial charge >= 0.3 is 0 Å². The summed E-state index contributed by atoms with van der Waals surface area (Å²) in [5.74, 6) is -0.0868. The summed E-state index contributed by atoms with van der Waals surface area (Å²) < 4.78 is 0. The Morgan fingerprint density at radius 1 is 0.667 bits per heavy atom. The Labute approximate surface area is 216 Å². The largest absolute Gasteiger partial charge is 0.353 e. The molecule has 2 amide bonds. The predicted octanol–water partition coefficient (Wildman–Crippen LogP) is 3.66. The van der Waals surface area contributed by atoms with Crippen molar-refractivity contribution in [1.82, 2.24) is 20.4 Å². The molecule has 1 heterocycles. The molecule has 1 saturated heterocycles. The smallest absolute Gasteiger partial charge is 0.243 e. The van der Waals surface area contributed by atoms with E-state index in [4.69, 9.17) is 0 Å². The van der Waals surface area contributed by atoms with E-state index in [1.54, 1.807) is 12.2 Å². The highest BCUT2D eigenvalue weighted by atomic mass is 16.2. The molecule has 1 aliphatic heterocycles. The molecule has 36 heavy (non-hydrogen) atoms. The highest BCUT2D eigenvalue weighted by Gasteiger charge is 2.15. The molecule has 1 aliphatic rings. The normalized spacial score (nSPS) is 14.9. The van der Waals surface area contributed by atoms with Gasteiger partial charge < -0.3 is 20.4 Å². The summed E-state index contributed by atoms with van der Waals surface area (Å²) in [6, 6.07) is 16.2. The third-order valence-electron chi connectivity index (χ3n) is 6.37. The fraction of sp³-hybridized carbons (Fsp3) is 0.400. The van der Waals surface area contributed by atoms with Crippen molar-refractivity contribution in [2.75, 3.05) is 52.4 Å². The van der Waals surface area contributed by atoms with Gasteiger partial charge in [-0.15, -0.1) is 0 Å². The summed E-state index contributed by atoms with van der Waals surface area (Å²) in [7, 11) is 0. The fourth-order valence-electron chi connectivity index (χ4n) is 4.08. The van der Waals surface area contributed by atoms with Crippen LogP contribution in [0, 0.1) is 13.8 Å². The van der Waals surface area contributed by atoms with Crippen molar-refractivity contribution >= 4 is 24.0 Å². The lowest BCUT2D eigenvalue weighted by molar-refractivity contribution is -0.117. The number of hydrogen-bond acceptors (Lipinski definition) is 4. The first kappa shape index (κ1) is 27.4. The molecular formula is C30H40N4O2. The van der Waals surface area contributed by atoms with Crippen LogP contribution in [-0.4, -0.2) is 74.0 Å². The minimum Gasteiger partial charge on any atom is -0.353 e. The second-order valence-electron chi connectivity index (χ2n) is 9.46. The van der Waals surface area contributed by atoms with Gasteiger partial charge in [-0.1, -0.05) is 59.7 Å². The molecule has 6 heteroatoms. The molecule has 3 rings (SSSR count). The lowest BCUT2D eigenvalue weighted by atomic mass is 10.1. The van der Waals surface area contributed by atoms with E-state index in [9.17, 15) is 9.59 Å². The number of amides is 2. The molecule has 2 N–H and O–H groups in total. The third kappa shape index (κ3) is 10.6. The highest BCUT2D eigenvalue weighted by molar-refractivity contribution is 5.92. The molecule has 0 saturated carbocycles. The van der Waals surface area contributed by atoms with Gasteiger partial charge in [0.15, 0.2) is 0 Å². The average molecular weight is 489 g/mol. The van der Waals surface area contributed by atoms with E-state index in [-0.39, 0.29) is 11.8 Å². The number of rotatable bonds is 12. The maximum atomic E-state index is 12.0. The SMILES string of the molecule is Cc1ccc(/C=C/C(=O)NCCCN2CCN(CCCNC(=O)/C=C/c3ccc(C)cc3)CC2)cc1. The Kier molecular flexibility index (Phi) is 11.4. The molecule has 0 bridgehead atoms. The second kappa shape index (κ2) is 15.0. The van der Waals surface area contributed by atoms with Gasteiger partial charge in [0.2, 0.25) is 11.8 Å². The monoisotopic (exact) mass is 488 g/mol. The number of piperazine rings is 1. The Balaban J connectivity index is 1.19. The van der Waals surface area contributed by atoms with Crippen LogP contribution in [0.4, 0.5) is 0 Å². The van der Waals surface area contributed by atoms with Crippen molar-refractivity contribution in [3.63, 3.8) is 0 Å². The van der Waals surface area contributed by atoms with E-state index in [2.05, 4.69) is 34.3 Å². The van der Waals surface area contributed by atoms with Crippen LogP contribution in [0.3, 0.4) is 0 Å². The van der Waals surface area contributed by atoms with Crippen LogP contribution in [-0.2, 0) is 9.59 Å². The highest BCUT2D eigenvalue weighted by Crippen LogP contribution is 2.06. The zero-order chi connectivity index (χ0) is 25.6. The van der Waals surface area contributed by atoms with Crippen LogP contribution in [0.5, 0.6) is 0 Å². The third-order valence-corrected chi connectivity index (χ3v) is 6.37. The molecule has 0 spiro atoms. The first-order valence-corrected chi connectivity index (χ1v) is 13.0. The lowest BCUT2D eigenvalue weighted by Crippen LogP contribution is -2.47. The van der Waals surface area contributed by atoms with Gasteiger partial charge in [0.25, 0.3) is 0 Å². The molecule has 6 nitrogen and oxygen atoms in total. The molecular weight excluding hydrogens is 448 g/mol. The van der Waals surface area contributed by atoms with Crippen molar-refractivity contribution in [2.24, 2.45) is 0 Å². The van der Waals surface area contributed by atoms with Crippen molar-refractivity contribution in [2.45, 2.75) is 26.7 Å². The molecule has 2 aromatic carbocycles. The first-order valence-electron chi connectivity index (χ1n) is 13.0. The molecule has 0 aliphatic carbocycles. The van der Waals surface area contributed by atoms with E-state index < -0.39 is 0 Å². The molecule has 0 atom stereocenters. The van der Waals surface area contributed by atoms with Crippen molar-refractivity contribution in [1.29, 1.82) is 0 Å². The van der Waals surface area contributed by atoms with Crippen molar-refractivity contribution < 1.29 is 9.59 Å². The summed E-state index contributed by atoms with van der Waals surface area (Å²) in [5.41, 5.74) is 4.49. The van der Waals surface area contributed by atoms with Gasteiger partial charge in [-0.05, 0) is 63.1 Å². The van der Waals surface area contributed by atoms with Crippen molar-refractivity contribution in [3.8, 4) is 0 Å². The Bertz CT molecular complexity index is 921. The zero-order valence-electron chi connectivity index (χ0n) is 21.7. The Hall–Kier alpha value is -3.22. The molecule has 0 aromatic heterocycles. The first-order chi connectivity index (χ1) is 17.5. The maximum Gasteiger partial charge on any atom is 0.243 e. The number of carbonyl (C=O) groups excluding carboxylic acids is 2. The standard InChI is InChI=1S/C30H40N4O2/c1-25-5-9-27(10-6-25)13-15-29(35)31-17-3-19-33-21-23-34(24-22-33)20-4-18-32-30(36)16-14-28-11-7-26(2)8-12-28/h5-16H,3-4,17-24H2,1-2H3,(H,31,35)(H,32,36)/b15-13+,16-14+.